The number of hydrogen-bond donors (Lipinski definition) is 1. The highest BCUT2D eigenvalue weighted by Crippen LogP contribution is 2.34. The van der Waals surface area contributed by atoms with Gasteiger partial charge >= 0.3 is 0 Å². The van der Waals surface area contributed by atoms with E-state index in [0.717, 1.165) is 12.3 Å². The first-order valence-electron chi connectivity index (χ1n) is 5.19. The highest BCUT2D eigenvalue weighted by molar-refractivity contribution is 5.39. The van der Waals surface area contributed by atoms with E-state index in [4.69, 9.17) is 10.5 Å². The van der Waals surface area contributed by atoms with E-state index in [1.165, 1.54) is 5.56 Å². The predicted octanol–water partition coefficient (Wildman–Crippen LogP) is 1.04. The number of nitrogens with two attached hydrogens (primary N) is 1. The van der Waals surface area contributed by atoms with E-state index in [9.17, 15) is 0 Å². The average molecular weight is 216 g/mol. The van der Waals surface area contributed by atoms with Crippen LogP contribution < -0.4 is 10.5 Å². The number of ether oxygens (including phenoxy) is 1. The Morgan fingerprint density at radius 2 is 2.31 bits per heavy atom. The molecule has 2 aromatic rings. The molecular formula is C11H12N4O. The van der Waals surface area contributed by atoms with Crippen LogP contribution in [0.1, 0.15) is 11.5 Å². The maximum Gasteiger partial charge on any atom is 0.239 e. The molecule has 5 nitrogen and oxygen atoms in total. The molecule has 0 aliphatic carbocycles. The lowest BCUT2D eigenvalue weighted by Crippen LogP contribution is -2.11. The quantitative estimate of drug-likeness (QED) is 0.814. The number of benzene rings is 1. The van der Waals surface area contributed by atoms with Crippen molar-refractivity contribution < 1.29 is 4.74 Å². The minimum atomic E-state index is 0.312. The second-order valence-electron chi connectivity index (χ2n) is 3.87. The number of nitrogens with zero attached hydrogens (tertiary/aromatic N) is 3. The summed E-state index contributed by atoms with van der Waals surface area (Å²) < 4.78 is 7.35. The minimum Gasteiger partial charge on any atom is -0.493 e. The lowest BCUT2D eigenvalue weighted by molar-refractivity contribution is 0.315. The van der Waals surface area contributed by atoms with Crippen molar-refractivity contribution in [3.05, 3.63) is 36.2 Å². The van der Waals surface area contributed by atoms with E-state index in [1.54, 1.807) is 11.0 Å². The van der Waals surface area contributed by atoms with Crippen molar-refractivity contribution in [3.63, 3.8) is 0 Å². The van der Waals surface area contributed by atoms with Crippen LogP contribution in [0.25, 0.3) is 0 Å². The van der Waals surface area contributed by atoms with Gasteiger partial charge in [0.05, 0.1) is 13.2 Å². The molecule has 2 N–H and O–H groups in total. The predicted molar refractivity (Wildman–Crippen MR) is 59.1 cm³/mol. The zero-order valence-electron chi connectivity index (χ0n) is 8.71. The van der Waals surface area contributed by atoms with E-state index in [0.29, 0.717) is 18.5 Å². The second-order valence-corrected chi connectivity index (χ2v) is 3.87. The Bertz CT molecular complexity index is 508. The minimum absolute atomic E-state index is 0.312. The van der Waals surface area contributed by atoms with Crippen LogP contribution in [0, 0.1) is 0 Å². The van der Waals surface area contributed by atoms with Gasteiger partial charge in [-0.2, -0.15) is 0 Å². The Morgan fingerprint density at radius 1 is 1.44 bits per heavy atom. The zero-order chi connectivity index (χ0) is 11.0. The Morgan fingerprint density at radius 3 is 3.12 bits per heavy atom. The summed E-state index contributed by atoms with van der Waals surface area (Å²) in [6, 6.07) is 8.09. The van der Waals surface area contributed by atoms with E-state index in [-0.39, 0.29) is 0 Å². The first-order chi connectivity index (χ1) is 7.83. The number of anilines is 1. The average Bonchev–Trinajstić information content (AvgIpc) is 2.87. The Labute approximate surface area is 92.9 Å². The van der Waals surface area contributed by atoms with Crippen molar-refractivity contribution >= 4 is 5.95 Å². The molecule has 3 rings (SSSR count). The second kappa shape index (κ2) is 3.52. The molecule has 1 aromatic carbocycles. The third kappa shape index (κ3) is 1.50. The summed E-state index contributed by atoms with van der Waals surface area (Å²) in [7, 11) is 0. The normalized spacial score (nSPS) is 18.1. The molecule has 1 atom stereocenters. The summed E-state index contributed by atoms with van der Waals surface area (Å²) in [6.07, 6.45) is 1.65. The maximum absolute atomic E-state index is 5.60. The molecule has 0 fully saturated rings. The first-order valence-corrected chi connectivity index (χ1v) is 5.19. The monoisotopic (exact) mass is 216 g/mol. The molecule has 0 radical (unpaired) electrons. The standard InChI is InChI=1S/C11H12N4O/c12-11-13-7-15(14-11)5-8-6-16-10-4-2-1-3-9(8)10/h1-4,7-8H,5-6H2,(H2,12,14). The SMILES string of the molecule is Nc1ncn(CC2COc3ccccc32)n1. The summed E-state index contributed by atoms with van der Waals surface area (Å²) >= 11 is 0. The topological polar surface area (TPSA) is 66.0 Å². The highest BCUT2D eigenvalue weighted by atomic mass is 16.5. The lowest BCUT2D eigenvalue weighted by Gasteiger charge is -2.07. The van der Waals surface area contributed by atoms with Gasteiger partial charge in [0.15, 0.2) is 0 Å². The number of hydrogen-bond acceptors (Lipinski definition) is 4. The van der Waals surface area contributed by atoms with Crippen LogP contribution in [0.15, 0.2) is 30.6 Å². The molecule has 2 heterocycles. The summed E-state index contributed by atoms with van der Waals surface area (Å²) in [5, 5.41) is 4.07. The molecule has 1 unspecified atom stereocenters. The first kappa shape index (κ1) is 9.21. The van der Waals surface area contributed by atoms with E-state index >= 15 is 0 Å². The van der Waals surface area contributed by atoms with Gasteiger partial charge in [-0.1, -0.05) is 18.2 Å². The molecule has 0 amide bonds. The van der Waals surface area contributed by atoms with Crippen LogP contribution in [0.5, 0.6) is 5.75 Å². The fraction of sp³-hybridized carbons (Fsp3) is 0.273. The van der Waals surface area contributed by atoms with Crippen LogP contribution in [0.4, 0.5) is 5.95 Å². The number of fused-ring (bicyclic) bond motifs is 1. The van der Waals surface area contributed by atoms with Crippen molar-refractivity contribution in [2.75, 3.05) is 12.3 Å². The smallest absolute Gasteiger partial charge is 0.239 e. The van der Waals surface area contributed by atoms with Gasteiger partial charge < -0.3 is 10.5 Å². The molecular weight excluding hydrogens is 204 g/mol. The molecule has 0 spiro atoms. The van der Waals surface area contributed by atoms with E-state index < -0.39 is 0 Å². The number of nitrogen functional groups attached to an aromatic ring is 1. The summed E-state index contributed by atoms with van der Waals surface area (Å²) in [5.74, 6) is 1.62. The van der Waals surface area contributed by atoms with Crippen LogP contribution in [-0.2, 0) is 6.54 Å². The van der Waals surface area contributed by atoms with Gasteiger partial charge in [-0.05, 0) is 6.07 Å². The van der Waals surface area contributed by atoms with Crippen LogP contribution in [-0.4, -0.2) is 21.4 Å². The molecule has 5 heteroatoms. The molecule has 1 aliphatic heterocycles. The van der Waals surface area contributed by atoms with Crippen LogP contribution in [0.3, 0.4) is 0 Å². The van der Waals surface area contributed by atoms with Crippen LogP contribution >= 0.6 is 0 Å². The van der Waals surface area contributed by atoms with E-state index in [1.807, 2.05) is 18.2 Å². The van der Waals surface area contributed by atoms with Gasteiger partial charge in [-0.15, -0.1) is 5.10 Å². The number of aromatic nitrogens is 3. The number of rotatable bonds is 2. The molecule has 0 bridgehead atoms. The van der Waals surface area contributed by atoms with Crippen molar-refractivity contribution in [1.29, 1.82) is 0 Å². The largest absolute Gasteiger partial charge is 0.493 e. The van der Waals surface area contributed by atoms with Crippen molar-refractivity contribution in [2.45, 2.75) is 12.5 Å². The van der Waals surface area contributed by atoms with Gasteiger partial charge in [0.25, 0.3) is 0 Å². The van der Waals surface area contributed by atoms with E-state index in [2.05, 4.69) is 16.1 Å². The fourth-order valence-corrected chi connectivity index (χ4v) is 2.00. The molecule has 0 saturated heterocycles. The summed E-state index contributed by atoms with van der Waals surface area (Å²) in [5.41, 5.74) is 6.71. The van der Waals surface area contributed by atoms with Crippen molar-refractivity contribution in [2.24, 2.45) is 0 Å². The van der Waals surface area contributed by atoms with Gasteiger partial charge in [0, 0.05) is 11.5 Å². The third-order valence-corrected chi connectivity index (χ3v) is 2.76. The van der Waals surface area contributed by atoms with Crippen LogP contribution in [0.2, 0.25) is 0 Å². The molecule has 0 saturated carbocycles. The third-order valence-electron chi connectivity index (χ3n) is 2.76. The Hall–Kier alpha value is -2.04. The zero-order valence-corrected chi connectivity index (χ0v) is 8.71. The van der Waals surface area contributed by atoms with Crippen molar-refractivity contribution in [1.82, 2.24) is 14.8 Å². The van der Waals surface area contributed by atoms with Gasteiger partial charge in [0.2, 0.25) is 5.95 Å². The molecule has 1 aliphatic rings. The molecule has 1 aromatic heterocycles. The Balaban J connectivity index is 1.83. The van der Waals surface area contributed by atoms with Gasteiger partial charge in [-0.3, -0.25) is 4.68 Å². The lowest BCUT2D eigenvalue weighted by atomic mass is 10.0. The van der Waals surface area contributed by atoms with Crippen molar-refractivity contribution in [3.8, 4) is 5.75 Å². The Kier molecular flexibility index (Phi) is 2.02. The summed E-state index contributed by atoms with van der Waals surface area (Å²) in [6.45, 7) is 1.44. The van der Waals surface area contributed by atoms with Gasteiger partial charge in [-0.25, -0.2) is 4.98 Å². The highest BCUT2D eigenvalue weighted by Gasteiger charge is 2.24. The van der Waals surface area contributed by atoms with Gasteiger partial charge in [0.1, 0.15) is 12.1 Å². The summed E-state index contributed by atoms with van der Waals surface area (Å²) in [4.78, 5) is 3.90. The number of para-hydroxylation sites is 1. The molecule has 82 valence electrons. The molecule has 16 heavy (non-hydrogen) atoms. The maximum atomic E-state index is 5.60. The fourth-order valence-electron chi connectivity index (χ4n) is 2.00.